The van der Waals surface area contributed by atoms with Crippen LogP contribution in [0.25, 0.3) is 0 Å². The summed E-state index contributed by atoms with van der Waals surface area (Å²) in [6, 6.07) is 5.09. The number of nitrogens with one attached hydrogen (secondary N) is 1. The van der Waals surface area contributed by atoms with Crippen LogP contribution in [0, 0.1) is 11.8 Å². The molecule has 1 heterocycles. The SMILES string of the molecule is C[C@@H]1C[C@H](C)CN(C(=O)c2cc(Br)ccc2NC(=O)CCC(=O)O)C1. The van der Waals surface area contributed by atoms with Gasteiger partial charge in [0.2, 0.25) is 5.91 Å². The molecular formula is C18H23BrN2O4. The van der Waals surface area contributed by atoms with E-state index in [-0.39, 0.29) is 18.7 Å². The van der Waals surface area contributed by atoms with Crippen molar-refractivity contribution in [3.05, 3.63) is 28.2 Å². The fraction of sp³-hybridized carbons (Fsp3) is 0.500. The van der Waals surface area contributed by atoms with Crippen LogP contribution < -0.4 is 5.32 Å². The molecular weight excluding hydrogens is 388 g/mol. The molecule has 2 N–H and O–H groups in total. The molecule has 2 rings (SSSR count). The molecule has 2 amide bonds. The number of likely N-dealkylation sites (tertiary alicyclic amines) is 1. The second kappa shape index (κ2) is 8.47. The maximum absolute atomic E-state index is 13.0. The van der Waals surface area contributed by atoms with Gasteiger partial charge in [0.1, 0.15) is 0 Å². The van der Waals surface area contributed by atoms with Gasteiger partial charge in [0.05, 0.1) is 17.7 Å². The summed E-state index contributed by atoms with van der Waals surface area (Å²) in [4.78, 5) is 37.3. The van der Waals surface area contributed by atoms with Gasteiger partial charge in [0, 0.05) is 24.0 Å². The van der Waals surface area contributed by atoms with Gasteiger partial charge in [-0.3, -0.25) is 14.4 Å². The summed E-state index contributed by atoms with van der Waals surface area (Å²) >= 11 is 3.37. The number of carbonyl (C=O) groups excluding carboxylic acids is 2. The second-order valence-electron chi connectivity index (χ2n) is 6.79. The van der Waals surface area contributed by atoms with Crippen LogP contribution in [0.1, 0.15) is 43.5 Å². The summed E-state index contributed by atoms with van der Waals surface area (Å²) in [5.74, 6) is -0.687. The molecule has 0 spiro atoms. The van der Waals surface area contributed by atoms with Gasteiger partial charge in [0.15, 0.2) is 0 Å². The number of anilines is 1. The van der Waals surface area contributed by atoms with E-state index in [4.69, 9.17) is 5.11 Å². The van der Waals surface area contributed by atoms with E-state index in [0.29, 0.717) is 36.2 Å². The molecule has 0 aliphatic carbocycles. The van der Waals surface area contributed by atoms with E-state index in [1.807, 2.05) is 4.90 Å². The number of carbonyl (C=O) groups is 3. The Hall–Kier alpha value is -1.89. The first kappa shape index (κ1) is 19.4. The Kier molecular flexibility index (Phi) is 6.58. The zero-order valence-corrected chi connectivity index (χ0v) is 16.0. The average molecular weight is 411 g/mol. The van der Waals surface area contributed by atoms with E-state index in [2.05, 4.69) is 35.1 Å². The van der Waals surface area contributed by atoms with Crippen LogP contribution in [0.5, 0.6) is 0 Å². The zero-order valence-electron chi connectivity index (χ0n) is 14.4. The molecule has 0 radical (unpaired) electrons. The molecule has 0 aromatic heterocycles. The molecule has 0 unspecified atom stereocenters. The molecule has 1 fully saturated rings. The van der Waals surface area contributed by atoms with Gasteiger partial charge in [-0.15, -0.1) is 0 Å². The number of piperidine rings is 1. The number of carboxylic acids is 1. The molecule has 2 atom stereocenters. The van der Waals surface area contributed by atoms with Crippen molar-refractivity contribution in [1.82, 2.24) is 4.90 Å². The molecule has 7 heteroatoms. The Balaban J connectivity index is 2.18. The van der Waals surface area contributed by atoms with Gasteiger partial charge in [-0.2, -0.15) is 0 Å². The fourth-order valence-electron chi connectivity index (χ4n) is 3.23. The van der Waals surface area contributed by atoms with Crippen LogP contribution in [-0.2, 0) is 9.59 Å². The molecule has 1 aliphatic heterocycles. The van der Waals surface area contributed by atoms with Gasteiger partial charge in [-0.1, -0.05) is 29.8 Å². The third-order valence-electron chi connectivity index (χ3n) is 4.21. The van der Waals surface area contributed by atoms with Crippen LogP contribution in [-0.4, -0.2) is 40.9 Å². The molecule has 6 nitrogen and oxygen atoms in total. The van der Waals surface area contributed by atoms with E-state index in [0.717, 1.165) is 10.9 Å². The first-order valence-electron chi connectivity index (χ1n) is 8.36. The third-order valence-corrected chi connectivity index (χ3v) is 4.70. The number of benzene rings is 1. The summed E-state index contributed by atoms with van der Waals surface area (Å²) in [5, 5.41) is 11.3. The van der Waals surface area contributed by atoms with Gasteiger partial charge in [-0.05, 0) is 36.5 Å². The summed E-state index contributed by atoms with van der Waals surface area (Å²) in [5.41, 5.74) is 0.828. The Bertz CT molecular complexity index is 667. The van der Waals surface area contributed by atoms with Gasteiger partial charge >= 0.3 is 5.97 Å². The monoisotopic (exact) mass is 410 g/mol. The van der Waals surface area contributed by atoms with Crippen molar-refractivity contribution in [3.8, 4) is 0 Å². The number of carboxylic acid groups (broad SMARTS) is 1. The maximum Gasteiger partial charge on any atom is 0.303 e. The topological polar surface area (TPSA) is 86.7 Å². The molecule has 25 heavy (non-hydrogen) atoms. The van der Waals surface area contributed by atoms with Crippen molar-refractivity contribution < 1.29 is 19.5 Å². The van der Waals surface area contributed by atoms with Gasteiger partial charge in [0.25, 0.3) is 5.91 Å². The van der Waals surface area contributed by atoms with Gasteiger partial charge in [-0.25, -0.2) is 0 Å². The molecule has 136 valence electrons. The normalized spacial score (nSPS) is 20.2. The highest BCUT2D eigenvalue weighted by atomic mass is 79.9. The van der Waals surface area contributed by atoms with Crippen LogP contribution in [0.4, 0.5) is 5.69 Å². The van der Waals surface area contributed by atoms with Crippen LogP contribution in [0.3, 0.4) is 0 Å². The third kappa shape index (κ3) is 5.56. The first-order valence-corrected chi connectivity index (χ1v) is 9.16. The quantitative estimate of drug-likeness (QED) is 0.778. The lowest BCUT2D eigenvalue weighted by Gasteiger charge is -2.35. The highest BCUT2D eigenvalue weighted by Gasteiger charge is 2.27. The summed E-state index contributed by atoms with van der Waals surface area (Å²) < 4.78 is 0.748. The van der Waals surface area contributed by atoms with E-state index in [1.165, 1.54) is 0 Å². The Morgan fingerprint density at radius 2 is 1.84 bits per heavy atom. The minimum Gasteiger partial charge on any atom is -0.481 e. The average Bonchev–Trinajstić information content (AvgIpc) is 2.53. The largest absolute Gasteiger partial charge is 0.481 e. The predicted molar refractivity (Wildman–Crippen MR) is 98.5 cm³/mol. The van der Waals surface area contributed by atoms with Crippen LogP contribution in [0.15, 0.2) is 22.7 Å². The Labute approximate surface area is 155 Å². The number of nitrogens with zero attached hydrogens (tertiary/aromatic N) is 1. The Morgan fingerprint density at radius 1 is 1.20 bits per heavy atom. The van der Waals surface area contributed by atoms with Crippen molar-refractivity contribution in [2.45, 2.75) is 33.1 Å². The van der Waals surface area contributed by atoms with Crippen molar-refractivity contribution in [2.75, 3.05) is 18.4 Å². The van der Waals surface area contributed by atoms with Crippen molar-refractivity contribution in [3.63, 3.8) is 0 Å². The minimum atomic E-state index is -1.03. The molecule has 0 bridgehead atoms. The second-order valence-corrected chi connectivity index (χ2v) is 7.70. The number of rotatable bonds is 5. The van der Waals surface area contributed by atoms with Gasteiger partial charge < -0.3 is 15.3 Å². The molecule has 0 saturated carbocycles. The molecule has 1 aliphatic rings. The van der Waals surface area contributed by atoms with Crippen LogP contribution in [0.2, 0.25) is 0 Å². The van der Waals surface area contributed by atoms with E-state index >= 15 is 0 Å². The lowest BCUT2D eigenvalue weighted by molar-refractivity contribution is -0.138. The first-order chi connectivity index (χ1) is 11.8. The van der Waals surface area contributed by atoms with Crippen molar-refractivity contribution in [2.24, 2.45) is 11.8 Å². The van der Waals surface area contributed by atoms with Crippen LogP contribution >= 0.6 is 15.9 Å². The molecule has 1 aromatic rings. The number of hydrogen-bond acceptors (Lipinski definition) is 3. The number of hydrogen-bond donors (Lipinski definition) is 2. The lowest BCUT2D eigenvalue weighted by Crippen LogP contribution is -2.42. The smallest absolute Gasteiger partial charge is 0.303 e. The van der Waals surface area contributed by atoms with E-state index in [9.17, 15) is 14.4 Å². The summed E-state index contributed by atoms with van der Waals surface area (Å²) in [7, 11) is 0. The summed E-state index contributed by atoms with van der Waals surface area (Å²) in [6.45, 7) is 5.65. The molecule has 1 aromatic carbocycles. The standard InChI is InChI=1S/C18H23BrN2O4/c1-11-7-12(2)10-21(9-11)18(25)14-8-13(19)3-4-15(14)20-16(22)5-6-17(23)24/h3-4,8,11-12H,5-7,9-10H2,1-2H3,(H,20,22)(H,23,24)/t11-,12+. The Morgan fingerprint density at radius 3 is 2.44 bits per heavy atom. The highest BCUT2D eigenvalue weighted by Crippen LogP contribution is 2.27. The van der Waals surface area contributed by atoms with Crippen molar-refractivity contribution >= 4 is 39.4 Å². The summed E-state index contributed by atoms with van der Waals surface area (Å²) in [6.07, 6.45) is 0.727. The van der Waals surface area contributed by atoms with Crippen molar-refractivity contribution in [1.29, 1.82) is 0 Å². The molecule has 1 saturated heterocycles. The number of halogens is 1. The minimum absolute atomic E-state index is 0.117. The van der Waals surface area contributed by atoms with E-state index in [1.54, 1.807) is 18.2 Å². The van der Waals surface area contributed by atoms with E-state index < -0.39 is 11.9 Å². The number of amides is 2. The predicted octanol–water partition coefficient (Wildman–Crippen LogP) is 3.37. The maximum atomic E-state index is 13.0. The zero-order chi connectivity index (χ0) is 18.6. The highest BCUT2D eigenvalue weighted by molar-refractivity contribution is 9.10. The number of aliphatic carboxylic acids is 1. The lowest BCUT2D eigenvalue weighted by atomic mass is 9.91. The fourth-order valence-corrected chi connectivity index (χ4v) is 3.60.